The molecule has 1 aliphatic rings. The molecule has 0 bridgehead atoms. The molecule has 4 rings (SSSR count). The van der Waals surface area contributed by atoms with E-state index in [2.05, 4.69) is 34.3 Å². The number of amides is 1. The molecular formula is C25H33N5O4S2. The number of hydrogen-bond donors (Lipinski definition) is 1. The van der Waals surface area contributed by atoms with Crippen LogP contribution in [0.5, 0.6) is 0 Å². The predicted molar refractivity (Wildman–Crippen MR) is 143 cm³/mol. The van der Waals surface area contributed by atoms with Crippen molar-refractivity contribution < 1.29 is 13.2 Å². The Morgan fingerprint density at radius 1 is 1.17 bits per heavy atom. The van der Waals surface area contributed by atoms with E-state index in [0.717, 1.165) is 44.5 Å². The van der Waals surface area contributed by atoms with Crippen LogP contribution in [0.3, 0.4) is 0 Å². The first-order valence-electron chi connectivity index (χ1n) is 12.4. The summed E-state index contributed by atoms with van der Waals surface area (Å²) in [5.74, 6) is -0.312. The number of aryl methyl sites for hydroxylation is 1. The van der Waals surface area contributed by atoms with Crippen molar-refractivity contribution in [3.63, 3.8) is 0 Å². The lowest BCUT2D eigenvalue weighted by atomic mass is 10.2. The summed E-state index contributed by atoms with van der Waals surface area (Å²) in [5.41, 5.74) is 0.634. The van der Waals surface area contributed by atoms with E-state index >= 15 is 0 Å². The molecule has 0 saturated carbocycles. The largest absolute Gasteiger partial charge is 0.372 e. The first kappa shape index (κ1) is 26.3. The van der Waals surface area contributed by atoms with E-state index < -0.39 is 15.6 Å². The fourth-order valence-electron chi connectivity index (χ4n) is 4.59. The van der Waals surface area contributed by atoms with Crippen LogP contribution in [-0.4, -0.2) is 60.9 Å². The SMILES string of the molecule is CCN(CCCNC(=O)Cn1cnc2sc(C)c(S(=O)(=O)N3CCCCC3)c2c1=O)c1ccccc1. The van der Waals surface area contributed by atoms with Gasteiger partial charge >= 0.3 is 0 Å². The number of anilines is 1. The second-order valence-corrected chi connectivity index (χ2v) is 12.0. The summed E-state index contributed by atoms with van der Waals surface area (Å²) in [6.45, 7) is 6.61. The summed E-state index contributed by atoms with van der Waals surface area (Å²) in [6.07, 6.45) is 4.70. The van der Waals surface area contributed by atoms with Gasteiger partial charge in [-0.3, -0.25) is 14.2 Å². The molecule has 3 aromatic rings. The zero-order chi connectivity index (χ0) is 25.7. The van der Waals surface area contributed by atoms with Gasteiger partial charge in [0.15, 0.2) is 0 Å². The molecule has 1 amide bonds. The van der Waals surface area contributed by atoms with Crippen molar-refractivity contribution in [2.75, 3.05) is 37.6 Å². The Balaban J connectivity index is 1.44. The highest BCUT2D eigenvalue weighted by Gasteiger charge is 2.32. The summed E-state index contributed by atoms with van der Waals surface area (Å²) in [4.78, 5) is 33.4. The number of carbonyl (C=O) groups excluding carboxylic acids is 1. The number of hydrogen-bond acceptors (Lipinski definition) is 7. The van der Waals surface area contributed by atoms with Gasteiger partial charge in [0.05, 0.1) is 11.7 Å². The molecule has 194 valence electrons. The Morgan fingerprint density at radius 2 is 1.89 bits per heavy atom. The van der Waals surface area contributed by atoms with Gasteiger partial charge in [0.2, 0.25) is 15.9 Å². The Labute approximate surface area is 215 Å². The zero-order valence-corrected chi connectivity index (χ0v) is 22.4. The smallest absolute Gasteiger partial charge is 0.263 e. The van der Waals surface area contributed by atoms with Gasteiger partial charge in [0.1, 0.15) is 16.3 Å². The van der Waals surface area contributed by atoms with Crippen molar-refractivity contribution in [3.05, 3.63) is 51.9 Å². The molecule has 2 aromatic heterocycles. The lowest BCUT2D eigenvalue weighted by molar-refractivity contribution is -0.121. The lowest BCUT2D eigenvalue weighted by Crippen LogP contribution is -2.37. The van der Waals surface area contributed by atoms with Crippen LogP contribution >= 0.6 is 11.3 Å². The molecule has 0 radical (unpaired) electrons. The highest BCUT2D eigenvalue weighted by molar-refractivity contribution is 7.89. The van der Waals surface area contributed by atoms with Gasteiger partial charge in [0, 0.05) is 43.3 Å². The number of aromatic nitrogens is 2. The first-order valence-corrected chi connectivity index (χ1v) is 14.6. The Bertz CT molecular complexity index is 1360. The summed E-state index contributed by atoms with van der Waals surface area (Å²) in [5, 5.41) is 2.95. The van der Waals surface area contributed by atoms with Gasteiger partial charge in [0.25, 0.3) is 5.56 Å². The number of sulfonamides is 1. The molecule has 0 atom stereocenters. The van der Waals surface area contributed by atoms with E-state index in [-0.39, 0.29) is 22.7 Å². The third kappa shape index (κ3) is 5.63. The monoisotopic (exact) mass is 531 g/mol. The van der Waals surface area contributed by atoms with Gasteiger partial charge in [-0.15, -0.1) is 11.3 Å². The molecule has 1 N–H and O–H groups in total. The van der Waals surface area contributed by atoms with Gasteiger partial charge in [-0.05, 0) is 45.2 Å². The van der Waals surface area contributed by atoms with Crippen LogP contribution in [0.1, 0.15) is 37.5 Å². The molecule has 1 aromatic carbocycles. The molecule has 0 unspecified atom stereocenters. The van der Waals surface area contributed by atoms with Crippen LogP contribution in [0, 0.1) is 6.92 Å². The van der Waals surface area contributed by atoms with E-state index in [9.17, 15) is 18.0 Å². The molecule has 11 heteroatoms. The quantitative estimate of drug-likeness (QED) is 0.404. The molecule has 0 spiro atoms. The van der Waals surface area contributed by atoms with E-state index in [1.165, 1.54) is 26.5 Å². The number of nitrogens with zero attached hydrogens (tertiary/aromatic N) is 4. The van der Waals surface area contributed by atoms with Crippen molar-refractivity contribution in [1.82, 2.24) is 19.2 Å². The second kappa shape index (κ2) is 11.5. The predicted octanol–water partition coefficient (Wildman–Crippen LogP) is 2.97. The molecule has 1 aliphatic heterocycles. The zero-order valence-electron chi connectivity index (χ0n) is 20.8. The maximum Gasteiger partial charge on any atom is 0.263 e. The summed E-state index contributed by atoms with van der Waals surface area (Å²) >= 11 is 1.20. The van der Waals surface area contributed by atoms with Crippen molar-refractivity contribution in [2.45, 2.75) is 51.0 Å². The molecule has 9 nitrogen and oxygen atoms in total. The van der Waals surface area contributed by atoms with Gasteiger partial charge < -0.3 is 10.2 Å². The van der Waals surface area contributed by atoms with Crippen LogP contribution < -0.4 is 15.8 Å². The molecule has 1 saturated heterocycles. The van der Waals surface area contributed by atoms with E-state index in [0.29, 0.717) is 29.3 Å². The number of fused-ring (bicyclic) bond motifs is 1. The number of para-hydroxylation sites is 1. The minimum Gasteiger partial charge on any atom is -0.372 e. The van der Waals surface area contributed by atoms with Crippen LogP contribution in [0.15, 0.2) is 46.3 Å². The molecule has 3 heterocycles. The lowest BCUT2D eigenvalue weighted by Gasteiger charge is -2.25. The van der Waals surface area contributed by atoms with Crippen LogP contribution in [0.25, 0.3) is 10.2 Å². The Morgan fingerprint density at radius 3 is 2.58 bits per heavy atom. The second-order valence-electron chi connectivity index (χ2n) is 8.93. The van der Waals surface area contributed by atoms with E-state index in [4.69, 9.17) is 0 Å². The maximum atomic E-state index is 13.4. The number of piperidine rings is 1. The molecule has 0 aliphatic carbocycles. The van der Waals surface area contributed by atoms with E-state index in [1.54, 1.807) is 6.92 Å². The minimum absolute atomic E-state index is 0.0391. The van der Waals surface area contributed by atoms with Gasteiger partial charge in [-0.25, -0.2) is 13.4 Å². The van der Waals surface area contributed by atoms with Gasteiger partial charge in [-0.2, -0.15) is 4.31 Å². The number of nitrogens with one attached hydrogen (secondary N) is 1. The van der Waals surface area contributed by atoms with Gasteiger partial charge in [-0.1, -0.05) is 24.6 Å². The van der Waals surface area contributed by atoms with Crippen molar-refractivity contribution in [1.29, 1.82) is 0 Å². The topological polar surface area (TPSA) is 105 Å². The number of carbonyl (C=O) groups is 1. The third-order valence-electron chi connectivity index (χ3n) is 6.46. The maximum absolute atomic E-state index is 13.4. The highest BCUT2D eigenvalue weighted by atomic mass is 32.2. The fraction of sp³-hybridized carbons (Fsp3) is 0.480. The number of benzene rings is 1. The molecular weight excluding hydrogens is 498 g/mol. The highest BCUT2D eigenvalue weighted by Crippen LogP contribution is 2.33. The van der Waals surface area contributed by atoms with E-state index in [1.807, 2.05) is 18.2 Å². The summed E-state index contributed by atoms with van der Waals surface area (Å²) in [7, 11) is -3.81. The van der Waals surface area contributed by atoms with Crippen LogP contribution in [-0.2, 0) is 21.4 Å². The number of rotatable bonds is 10. The fourth-order valence-corrected chi connectivity index (χ4v) is 7.77. The molecule has 1 fully saturated rings. The van der Waals surface area contributed by atoms with Crippen LogP contribution in [0.4, 0.5) is 5.69 Å². The standard InChI is InChI=1S/C25H33N5O4S2/c1-3-28(20-11-6-4-7-12-20)14-10-13-26-21(31)17-29-18-27-24-22(25(29)32)23(19(2)35-24)36(33,34)30-15-8-5-9-16-30/h4,6-7,11-12,18H,3,5,8-10,13-17H2,1-2H3,(H,26,31). The normalized spacial score (nSPS) is 14.7. The summed E-state index contributed by atoms with van der Waals surface area (Å²) in [6, 6.07) is 10.1. The Kier molecular flexibility index (Phi) is 8.43. The minimum atomic E-state index is -3.81. The Hall–Kier alpha value is -2.76. The van der Waals surface area contributed by atoms with Crippen molar-refractivity contribution in [2.24, 2.45) is 0 Å². The first-order chi connectivity index (χ1) is 17.3. The average Bonchev–Trinajstić information content (AvgIpc) is 3.24. The average molecular weight is 532 g/mol. The third-order valence-corrected chi connectivity index (χ3v) is 9.67. The number of thiophene rings is 1. The van der Waals surface area contributed by atoms with Crippen molar-refractivity contribution >= 4 is 43.2 Å². The molecule has 36 heavy (non-hydrogen) atoms. The summed E-state index contributed by atoms with van der Waals surface area (Å²) < 4.78 is 29.5. The van der Waals surface area contributed by atoms with Crippen LogP contribution in [0.2, 0.25) is 0 Å². The van der Waals surface area contributed by atoms with Crippen molar-refractivity contribution in [3.8, 4) is 0 Å².